The van der Waals surface area contributed by atoms with Gasteiger partial charge < -0.3 is 14.9 Å². The average molecular weight is 440 g/mol. The van der Waals surface area contributed by atoms with E-state index in [9.17, 15) is 19.8 Å². The van der Waals surface area contributed by atoms with Crippen LogP contribution >= 0.6 is 23.2 Å². The molecule has 156 valence electrons. The number of carboxylic acid groups (broad SMARTS) is 1. The summed E-state index contributed by atoms with van der Waals surface area (Å²) < 4.78 is 5.00. The normalized spacial score (nSPS) is 13.8. The van der Waals surface area contributed by atoms with E-state index < -0.39 is 22.7 Å². The molecule has 1 atom stereocenters. The minimum absolute atomic E-state index is 0.0548. The van der Waals surface area contributed by atoms with Crippen LogP contribution in [-0.2, 0) is 22.4 Å². The lowest BCUT2D eigenvalue weighted by molar-refractivity contribution is -0.141. The first kappa shape index (κ1) is 22.8. The van der Waals surface area contributed by atoms with Crippen LogP contribution < -0.4 is 5.32 Å². The van der Waals surface area contributed by atoms with Crippen molar-refractivity contribution in [3.8, 4) is 5.75 Å². The van der Waals surface area contributed by atoms with Crippen LogP contribution in [0, 0.1) is 0 Å². The summed E-state index contributed by atoms with van der Waals surface area (Å²) in [6, 6.07) is 12.7. The highest BCUT2D eigenvalue weighted by atomic mass is 35.5. The van der Waals surface area contributed by atoms with Gasteiger partial charge in [-0.1, -0.05) is 53.5 Å². The highest BCUT2D eigenvalue weighted by molar-refractivity contribution is 6.34. The molecule has 2 aromatic carbocycles. The van der Waals surface area contributed by atoms with Crippen LogP contribution in [0.15, 0.2) is 42.5 Å². The van der Waals surface area contributed by atoms with Crippen molar-refractivity contribution in [2.75, 3.05) is 0 Å². The summed E-state index contributed by atoms with van der Waals surface area (Å²) >= 11 is 11.8. The van der Waals surface area contributed by atoms with E-state index >= 15 is 0 Å². The maximum atomic E-state index is 11.7. The summed E-state index contributed by atoms with van der Waals surface area (Å²) in [6.07, 6.45) is 0.0469. The number of ether oxygens (including phenoxy) is 1. The number of carbonyl (C=O) groups excluding carboxylic acids is 1. The lowest BCUT2D eigenvalue weighted by atomic mass is 10.1. The fourth-order valence-corrected chi connectivity index (χ4v) is 2.85. The van der Waals surface area contributed by atoms with Gasteiger partial charge in [0, 0.05) is 6.42 Å². The summed E-state index contributed by atoms with van der Waals surface area (Å²) in [5.41, 5.74) is 2.70. The molecule has 0 saturated carbocycles. The molecule has 0 heterocycles. The van der Waals surface area contributed by atoms with Gasteiger partial charge in [-0.3, -0.25) is 5.32 Å². The number of aromatic hydroxyl groups is 1. The summed E-state index contributed by atoms with van der Waals surface area (Å²) in [7, 11) is 0. The smallest absolute Gasteiger partial charge is 0.409 e. The number of benzene rings is 2. The second kappa shape index (κ2) is 8.93. The van der Waals surface area contributed by atoms with E-state index in [4.69, 9.17) is 27.9 Å². The summed E-state index contributed by atoms with van der Waals surface area (Å²) in [5, 5.41) is 20.8. The lowest BCUT2D eigenvalue weighted by Gasteiger charge is -2.26. The third-order valence-electron chi connectivity index (χ3n) is 3.87. The van der Waals surface area contributed by atoms with Crippen molar-refractivity contribution in [3.05, 3.63) is 64.2 Å². The Labute approximate surface area is 179 Å². The average Bonchev–Trinajstić information content (AvgIpc) is 3.36. The van der Waals surface area contributed by atoms with Crippen LogP contribution in [-0.4, -0.2) is 32.9 Å². The molecule has 0 saturated heterocycles. The number of nitrogens with one attached hydrogen (secondary N) is 1. The van der Waals surface area contributed by atoms with Gasteiger partial charge in [0.25, 0.3) is 0 Å². The first-order chi connectivity index (χ1) is 13.4. The number of hydrogen-bond donors (Lipinski definition) is 3. The molecule has 1 aliphatic rings. The van der Waals surface area contributed by atoms with E-state index in [-0.39, 0.29) is 17.2 Å². The van der Waals surface area contributed by atoms with Crippen LogP contribution in [0.4, 0.5) is 4.79 Å². The highest BCUT2D eigenvalue weighted by Gasteiger charge is 2.39. The van der Waals surface area contributed by atoms with E-state index in [0.717, 1.165) is 0 Å². The minimum Gasteiger partial charge on any atom is -0.506 e. The number of rotatable bonds is 4. The Hall–Kier alpha value is -2.44. The zero-order chi connectivity index (χ0) is 21.8. The second-order valence-corrected chi connectivity index (χ2v) is 8.69. The molecule has 1 amide bonds. The Morgan fingerprint density at radius 1 is 1.14 bits per heavy atom. The van der Waals surface area contributed by atoms with E-state index in [1.54, 1.807) is 20.8 Å². The quantitative estimate of drug-likeness (QED) is 0.403. The molecule has 0 spiro atoms. The largest absolute Gasteiger partial charge is 0.506 e. The van der Waals surface area contributed by atoms with Gasteiger partial charge in [-0.25, -0.2) is 9.59 Å². The number of carboxylic acids is 1. The van der Waals surface area contributed by atoms with Gasteiger partial charge in [0.1, 0.15) is 11.4 Å². The van der Waals surface area contributed by atoms with Crippen LogP contribution in [0.2, 0.25) is 5.02 Å². The second-order valence-electron chi connectivity index (χ2n) is 7.64. The molecule has 1 unspecified atom stereocenters. The summed E-state index contributed by atoms with van der Waals surface area (Å²) in [6.45, 7) is 4.93. The van der Waals surface area contributed by atoms with Gasteiger partial charge in [0.2, 0.25) is 5.00 Å². The number of aliphatic carboxylic acids is 1. The van der Waals surface area contributed by atoms with E-state index in [1.165, 1.54) is 35.7 Å². The third-order valence-corrected chi connectivity index (χ3v) is 4.56. The first-order valence-electron chi connectivity index (χ1n) is 8.87. The molecule has 6 nitrogen and oxygen atoms in total. The van der Waals surface area contributed by atoms with Crippen LogP contribution in [0.1, 0.15) is 37.5 Å². The third kappa shape index (κ3) is 7.15. The van der Waals surface area contributed by atoms with Crippen LogP contribution in [0.25, 0.3) is 0 Å². The van der Waals surface area contributed by atoms with E-state index in [0.29, 0.717) is 5.56 Å². The molecular formula is C21H23Cl2NO5. The number of phenolic OH excluding ortho intramolecular Hbond substituents is 1. The maximum Gasteiger partial charge on any atom is 0.409 e. The zero-order valence-corrected chi connectivity index (χ0v) is 17.8. The molecule has 0 radical (unpaired) electrons. The van der Waals surface area contributed by atoms with E-state index in [1.807, 2.05) is 0 Å². The molecule has 3 N–H and O–H groups in total. The molecule has 1 aliphatic carbocycles. The topological polar surface area (TPSA) is 95.9 Å². The van der Waals surface area contributed by atoms with Crippen molar-refractivity contribution >= 4 is 35.3 Å². The summed E-state index contributed by atoms with van der Waals surface area (Å²) in [5.74, 6) is -1.58. The maximum absolute atomic E-state index is 11.7. The molecular weight excluding hydrogens is 417 g/mol. The number of phenols is 1. The molecule has 29 heavy (non-hydrogen) atoms. The highest BCUT2D eigenvalue weighted by Crippen LogP contribution is 2.27. The number of amides is 1. The number of fused-ring (bicyclic) bond motifs is 1. The predicted molar refractivity (Wildman–Crippen MR) is 112 cm³/mol. The monoisotopic (exact) mass is 439 g/mol. The number of halogens is 2. The van der Waals surface area contributed by atoms with E-state index in [2.05, 4.69) is 29.6 Å². The van der Waals surface area contributed by atoms with Gasteiger partial charge in [-0.15, -0.1) is 0 Å². The molecule has 0 aromatic heterocycles. The fourth-order valence-electron chi connectivity index (χ4n) is 2.42. The van der Waals surface area contributed by atoms with Crippen molar-refractivity contribution in [1.29, 1.82) is 0 Å². The predicted octanol–water partition coefficient (Wildman–Crippen LogP) is 4.72. The number of alkyl halides is 1. The SMILES string of the molecule is CC(C)(C)OC(=O)NC(Cl)(Cc1ccc(O)c(Cl)c1)C(=O)O.c1ccc2c(c1)C2. The van der Waals surface area contributed by atoms with Crippen molar-refractivity contribution < 1.29 is 24.5 Å². The van der Waals surface area contributed by atoms with Crippen molar-refractivity contribution in [1.82, 2.24) is 5.32 Å². The Balaban J connectivity index is 0.000000351. The Kier molecular flexibility index (Phi) is 7.03. The number of alkyl carbamates (subject to hydrolysis) is 1. The molecule has 3 rings (SSSR count). The molecule has 8 heteroatoms. The Morgan fingerprint density at radius 2 is 1.72 bits per heavy atom. The first-order valence-corrected chi connectivity index (χ1v) is 9.63. The van der Waals surface area contributed by atoms with Gasteiger partial charge in [0.05, 0.1) is 5.02 Å². The van der Waals surface area contributed by atoms with Crippen molar-refractivity contribution in [3.63, 3.8) is 0 Å². The zero-order valence-electron chi connectivity index (χ0n) is 16.3. The molecule has 0 aliphatic heterocycles. The van der Waals surface area contributed by atoms with Gasteiger partial charge in [0.15, 0.2) is 0 Å². The van der Waals surface area contributed by atoms with Crippen LogP contribution in [0.5, 0.6) is 5.75 Å². The van der Waals surface area contributed by atoms with Crippen LogP contribution in [0.3, 0.4) is 0 Å². The standard InChI is InChI=1S/C14H17Cl2NO5.C7H6/c1-13(2,3)22-12(21)17-14(16,11(19)20)7-8-4-5-10(18)9(15)6-8;1-2-4-7-5-6(7)3-1/h4-6,18H,7H2,1-3H3,(H,17,21)(H,19,20);1-4H,5H2. The minimum atomic E-state index is -2.09. The van der Waals surface area contributed by atoms with Gasteiger partial charge in [-0.2, -0.15) is 0 Å². The summed E-state index contributed by atoms with van der Waals surface area (Å²) in [4.78, 5) is 21.0. The molecule has 2 aromatic rings. The van der Waals surface area contributed by atoms with Crippen molar-refractivity contribution in [2.24, 2.45) is 0 Å². The lowest BCUT2D eigenvalue weighted by Crippen LogP contribution is -2.53. The van der Waals surface area contributed by atoms with Gasteiger partial charge >= 0.3 is 12.1 Å². The molecule has 0 bridgehead atoms. The number of carbonyl (C=O) groups is 2. The molecule has 0 fully saturated rings. The Bertz CT molecular complexity index is 889. The fraction of sp³-hybridized carbons (Fsp3) is 0.333. The van der Waals surface area contributed by atoms with Gasteiger partial charge in [-0.05, 0) is 56.0 Å². The van der Waals surface area contributed by atoms with Crippen molar-refractivity contribution in [2.45, 2.75) is 44.2 Å². The number of hydrogen-bond acceptors (Lipinski definition) is 4. The Morgan fingerprint density at radius 3 is 2.17 bits per heavy atom.